The van der Waals surface area contributed by atoms with Gasteiger partial charge in [0.25, 0.3) is 0 Å². The van der Waals surface area contributed by atoms with Gasteiger partial charge in [-0.25, -0.2) is 0 Å². The third-order valence-electron chi connectivity index (χ3n) is 4.87. The van der Waals surface area contributed by atoms with E-state index in [9.17, 15) is 0 Å². The van der Waals surface area contributed by atoms with Gasteiger partial charge in [-0.15, -0.1) is 0 Å². The molecular formula is C13H19I18N3-2. The molecule has 0 aromatic carbocycles. The van der Waals surface area contributed by atoms with Gasteiger partial charge in [0.2, 0.25) is 0 Å². The summed E-state index contributed by atoms with van der Waals surface area (Å²) in [4.78, 5) is 0. The summed E-state index contributed by atoms with van der Waals surface area (Å²) in [6, 6.07) is 0. The fourth-order valence-corrected chi connectivity index (χ4v) is 521. The molecule has 2 atom stereocenters. The van der Waals surface area contributed by atoms with Crippen LogP contribution in [0.4, 0.5) is 5.69 Å². The molecule has 2 unspecified atom stereocenters. The minimum absolute atomic E-state index is 0.0712. The summed E-state index contributed by atoms with van der Waals surface area (Å²) in [6.07, 6.45) is 0. The zero-order valence-electron chi connectivity index (χ0n) is 17.7. The Morgan fingerprint density at radius 1 is 0.853 bits per heavy atom. The first kappa shape index (κ1) is 42.3. The summed E-state index contributed by atoms with van der Waals surface area (Å²) < 4.78 is 3.62. The van der Waals surface area contributed by atoms with E-state index in [4.69, 9.17) is 0 Å². The fraction of sp³-hybridized carbons (Fsp3) is 0.692. The van der Waals surface area contributed by atoms with Gasteiger partial charge in [0.15, 0.2) is 0 Å². The van der Waals surface area contributed by atoms with Crippen molar-refractivity contribution in [1.82, 2.24) is 9.99 Å². The first-order valence-corrected chi connectivity index (χ1v) is 101. The summed E-state index contributed by atoms with van der Waals surface area (Å²) in [5.41, 5.74) is 11.4. The fourth-order valence-electron chi connectivity index (χ4n) is 3.36. The first-order valence-electron chi connectivity index (χ1n) is 8.32. The van der Waals surface area contributed by atoms with Crippen molar-refractivity contribution in [2.45, 2.75) is 43.1 Å². The number of hydrazine groups is 1. The van der Waals surface area contributed by atoms with Crippen LogP contribution in [0.25, 0.3) is 0 Å². The van der Waals surface area contributed by atoms with Gasteiger partial charge in [0.1, 0.15) is 0 Å². The molecule has 3 nitrogen and oxygen atoms in total. The molecule has 21 heteroatoms. The van der Waals surface area contributed by atoms with Crippen LogP contribution in [0.3, 0.4) is 0 Å². The predicted molar refractivity (Wildman–Crippen MR) is 289 cm³/mol. The van der Waals surface area contributed by atoms with Gasteiger partial charge in [0, 0.05) is 0 Å². The third-order valence-corrected chi connectivity index (χ3v) is 434. The van der Waals surface area contributed by atoms with Gasteiger partial charge >= 0.3 is 364 Å². The molecule has 1 N–H and O–H groups in total. The molecule has 0 fully saturated rings. The van der Waals surface area contributed by atoms with Crippen molar-refractivity contribution in [2.24, 2.45) is 7.05 Å². The number of halogens is 18. The van der Waals surface area contributed by atoms with Crippen molar-refractivity contribution in [3.8, 4) is 0 Å². The van der Waals surface area contributed by atoms with Crippen molar-refractivity contribution in [3.05, 3.63) is 17.0 Å². The van der Waals surface area contributed by atoms with Gasteiger partial charge in [-0.1, -0.05) is 0 Å². The predicted octanol–water partition coefficient (Wildman–Crippen LogP) is 9.95. The number of fused-ring (bicyclic) bond motifs is 1. The van der Waals surface area contributed by atoms with E-state index < -0.39 is 63.3 Å². The Labute approximate surface area is 349 Å². The molecule has 0 spiro atoms. The Hall–Kier alpha value is 12.2. The average Bonchev–Trinajstić information content (AvgIpc) is 2.99. The topological polar surface area (TPSA) is 20.2 Å². The molecule has 0 amide bonds. The van der Waals surface area contributed by atoms with Gasteiger partial charge in [-0.05, 0) is 0 Å². The van der Waals surface area contributed by atoms with Crippen molar-refractivity contribution >= 4 is 255 Å². The van der Waals surface area contributed by atoms with Gasteiger partial charge in [-0.2, -0.15) is 0 Å². The Balaban J connectivity index is 3.30. The first-order chi connectivity index (χ1) is 15.5. The van der Waals surface area contributed by atoms with E-state index in [0.717, 1.165) is 0 Å². The number of nitrogens with zero attached hydrogens (tertiary/aromatic N) is 2. The van der Waals surface area contributed by atoms with Crippen molar-refractivity contribution in [2.75, 3.05) is 5.01 Å². The van der Waals surface area contributed by atoms with E-state index in [1.54, 1.807) is 11.4 Å². The van der Waals surface area contributed by atoms with Crippen molar-refractivity contribution < 1.29 is 26.5 Å². The molecule has 0 aliphatic carbocycles. The van der Waals surface area contributed by atoms with E-state index in [2.05, 4.69) is 243 Å². The SMILES string of the molecule is Cc1c2c(c(C)n1C)C(I(I)I(I)I)(I(I)I(I)[I-]I)C(I(I)I)(I(I)[I-]I)NN2C(C)(C)C. The molecule has 1 aliphatic heterocycles. The summed E-state index contributed by atoms with van der Waals surface area (Å²) >= 11 is 26.1. The molecule has 0 saturated heterocycles. The van der Waals surface area contributed by atoms with Crippen LogP contribution >= 0.6 is 249 Å². The van der Waals surface area contributed by atoms with Crippen LogP contribution in [0.2, 0.25) is 0 Å². The number of hydrogen-bond donors (Lipinski definition) is 1. The molecule has 1 aromatic heterocycles. The number of aromatic nitrogens is 1. The van der Waals surface area contributed by atoms with E-state index in [0.29, 0.717) is 16.2 Å². The number of anilines is 1. The molecular weight excluding hydrogens is 2480 g/mol. The second-order valence-corrected chi connectivity index (χ2v) is 238. The minimum atomic E-state index is -1.33. The summed E-state index contributed by atoms with van der Waals surface area (Å²) in [5, 5.41) is 2.73. The number of alkyl halides is 4. The quantitative estimate of drug-likeness (QED) is 0.159. The maximum absolute atomic E-state index is 4.66. The zero-order chi connectivity index (χ0) is 26.5. The summed E-state index contributed by atoms with van der Waals surface area (Å²) in [5.74, 6) is 0. The standard InChI is InChI=1S/C13H19I18N3/c1-7-9-10(8(2)33(7)6)34(11(3,4)5)32-13(26(16)17,27(18)24-14)12(9,28(19)30(21)22)29(20)31(23)25-15/h32H,1-6H3/q-2. The van der Waals surface area contributed by atoms with E-state index >= 15 is 0 Å². The number of hydrogen-bond acceptors (Lipinski definition) is 2. The molecule has 1 aromatic rings. The maximum atomic E-state index is 4.66. The van der Waals surface area contributed by atoms with Crippen LogP contribution in [0, 0.1) is 13.8 Å². The van der Waals surface area contributed by atoms with Gasteiger partial charge in [0.05, 0.1) is 0 Å². The monoisotopic (exact) mass is 2500 g/mol. The van der Waals surface area contributed by atoms with Crippen LogP contribution < -0.4 is 36.9 Å². The molecule has 2 heterocycles. The average molecular weight is 2500 g/mol. The Kier molecular flexibility index (Phi) is 23.0. The number of rotatable bonds is 8. The third kappa shape index (κ3) is 8.55. The number of nitrogens with one attached hydrogen (secondary N) is 1. The summed E-state index contributed by atoms with van der Waals surface area (Å²) in [6.45, 7) is 12.2. The molecule has 0 bridgehead atoms. The Bertz CT molecular complexity index is 872. The van der Waals surface area contributed by atoms with Crippen molar-refractivity contribution in [1.29, 1.82) is 0 Å². The second-order valence-electron chi connectivity index (χ2n) is 7.44. The van der Waals surface area contributed by atoms with Crippen molar-refractivity contribution in [3.63, 3.8) is 0 Å². The van der Waals surface area contributed by atoms with E-state index in [1.807, 2.05) is 5.56 Å². The summed E-state index contributed by atoms with van der Waals surface area (Å²) in [7, 11) is 0.449. The van der Waals surface area contributed by atoms with Crippen LogP contribution in [-0.4, -0.2) is 11.7 Å². The normalized spacial score (nSPS) is 25.8. The molecule has 214 valence electrons. The molecule has 0 radical (unpaired) electrons. The van der Waals surface area contributed by atoms with Crippen LogP contribution in [0.1, 0.15) is 37.7 Å². The van der Waals surface area contributed by atoms with Crippen LogP contribution in [0.15, 0.2) is 0 Å². The van der Waals surface area contributed by atoms with E-state index in [1.165, 1.54) is 5.69 Å². The van der Waals surface area contributed by atoms with Crippen LogP contribution in [0.5, 0.6) is 0 Å². The molecule has 2 rings (SSSR count). The zero-order valence-corrected chi connectivity index (χ0v) is 56.5. The Morgan fingerprint density at radius 3 is 1.76 bits per heavy atom. The molecule has 34 heavy (non-hydrogen) atoms. The molecule has 1 aliphatic rings. The Morgan fingerprint density at radius 2 is 1.38 bits per heavy atom. The van der Waals surface area contributed by atoms with E-state index in [-0.39, 0.29) is 18.8 Å². The molecule has 0 saturated carbocycles. The van der Waals surface area contributed by atoms with Crippen LogP contribution in [-0.2, 0) is 8.48 Å². The van der Waals surface area contributed by atoms with Gasteiger partial charge < -0.3 is 0 Å². The second kappa shape index (κ2) is 18.4. The van der Waals surface area contributed by atoms with Gasteiger partial charge in [-0.3, -0.25) is 0 Å².